The second kappa shape index (κ2) is 5.34. The lowest BCUT2D eigenvalue weighted by atomic mass is 10.1. The Morgan fingerprint density at radius 3 is 2.17 bits per heavy atom. The van der Waals surface area contributed by atoms with E-state index in [1.165, 1.54) is 8.61 Å². The first-order valence-corrected chi connectivity index (χ1v) is 11.1. The van der Waals surface area contributed by atoms with E-state index in [1.54, 1.807) is 17.4 Å². The highest BCUT2D eigenvalue weighted by Gasteiger charge is 2.45. The fraction of sp³-hybridized carbons (Fsp3) is 0.600. The summed E-state index contributed by atoms with van der Waals surface area (Å²) in [5, 5.41) is -0.212. The molecule has 3 aliphatic rings. The molecule has 1 saturated heterocycles. The molecule has 2 fully saturated rings. The zero-order chi connectivity index (χ0) is 17.1. The molecule has 0 radical (unpaired) electrons. The van der Waals surface area contributed by atoms with Gasteiger partial charge in [0.2, 0.25) is 10.0 Å². The van der Waals surface area contributed by atoms with E-state index in [-0.39, 0.29) is 11.3 Å². The Morgan fingerprint density at radius 1 is 1.00 bits per heavy atom. The van der Waals surface area contributed by atoms with Gasteiger partial charge in [-0.3, -0.25) is 4.31 Å². The minimum absolute atomic E-state index is 0.202. The molecule has 1 aromatic carbocycles. The van der Waals surface area contributed by atoms with Crippen LogP contribution in [0.5, 0.6) is 0 Å². The van der Waals surface area contributed by atoms with E-state index < -0.39 is 20.2 Å². The van der Waals surface area contributed by atoms with E-state index in [1.807, 2.05) is 18.2 Å². The predicted molar refractivity (Wildman–Crippen MR) is 92.8 cm³/mol. The minimum atomic E-state index is -3.58. The number of para-hydroxylation sites is 2. The predicted octanol–water partition coefficient (Wildman–Crippen LogP) is 1.14. The molecule has 7 nitrogen and oxygen atoms in total. The first-order chi connectivity index (χ1) is 11.3. The fourth-order valence-electron chi connectivity index (χ4n) is 3.59. The van der Waals surface area contributed by atoms with Gasteiger partial charge >= 0.3 is 10.2 Å². The fourth-order valence-corrected chi connectivity index (χ4v) is 7.12. The van der Waals surface area contributed by atoms with Crippen LogP contribution >= 0.6 is 0 Å². The number of sulfonamides is 1. The summed E-state index contributed by atoms with van der Waals surface area (Å²) in [5.74, 6) is 0. The third kappa shape index (κ3) is 2.33. The van der Waals surface area contributed by atoms with Crippen molar-refractivity contribution >= 4 is 31.6 Å². The maximum absolute atomic E-state index is 12.8. The second-order valence-electron chi connectivity index (χ2n) is 6.63. The molecule has 0 N–H and O–H groups in total. The highest BCUT2D eigenvalue weighted by atomic mass is 32.2. The minimum Gasteiger partial charge on any atom is -0.254 e. The van der Waals surface area contributed by atoms with E-state index in [4.69, 9.17) is 0 Å². The van der Waals surface area contributed by atoms with E-state index in [0.717, 1.165) is 12.8 Å². The van der Waals surface area contributed by atoms with Crippen molar-refractivity contribution in [3.05, 3.63) is 24.3 Å². The van der Waals surface area contributed by atoms with Crippen LogP contribution in [-0.2, 0) is 20.2 Å². The lowest BCUT2D eigenvalue weighted by molar-refractivity contribution is 0.320. The van der Waals surface area contributed by atoms with E-state index in [2.05, 4.69) is 0 Å². The molecule has 132 valence electrons. The van der Waals surface area contributed by atoms with E-state index in [9.17, 15) is 16.8 Å². The van der Waals surface area contributed by atoms with Crippen molar-refractivity contribution in [3.8, 4) is 0 Å². The van der Waals surface area contributed by atoms with E-state index in [0.29, 0.717) is 37.3 Å². The summed E-state index contributed by atoms with van der Waals surface area (Å²) < 4.78 is 54.5. The molecular weight excluding hydrogens is 350 g/mol. The Morgan fingerprint density at radius 2 is 1.58 bits per heavy atom. The third-order valence-corrected chi connectivity index (χ3v) is 9.39. The number of fused-ring (bicyclic) bond motifs is 1. The second-order valence-corrected chi connectivity index (χ2v) is 10.7. The van der Waals surface area contributed by atoms with Crippen molar-refractivity contribution in [1.82, 2.24) is 4.31 Å². The molecular formula is C15H21N3O4S2. The summed E-state index contributed by atoms with van der Waals surface area (Å²) >= 11 is 0. The average Bonchev–Trinajstić information content (AvgIpc) is 3.38. The lowest BCUT2D eigenvalue weighted by Crippen LogP contribution is -2.50. The highest BCUT2D eigenvalue weighted by Crippen LogP contribution is 2.43. The molecule has 2 aliphatic heterocycles. The van der Waals surface area contributed by atoms with Crippen molar-refractivity contribution in [2.24, 2.45) is 0 Å². The van der Waals surface area contributed by atoms with Gasteiger partial charge in [0.25, 0.3) is 0 Å². The van der Waals surface area contributed by atoms with Crippen LogP contribution in [0.25, 0.3) is 0 Å². The van der Waals surface area contributed by atoms with Gasteiger partial charge in [-0.05, 0) is 37.8 Å². The van der Waals surface area contributed by atoms with E-state index >= 15 is 0 Å². The van der Waals surface area contributed by atoms with Gasteiger partial charge in [0.05, 0.1) is 16.6 Å². The van der Waals surface area contributed by atoms with Crippen LogP contribution in [0.3, 0.4) is 0 Å². The molecule has 2 heterocycles. The Hall–Kier alpha value is -1.32. The number of hydrogen-bond acceptors (Lipinski definition) is 4. The summed E-state index contributed by atoms with van der Waals surface area (Å²) in [5.41, 5.74) is 1.36. The molecule has 24 heavy (non-hydrogen) atoms. The summed E-state index contributed by atoms with van der Waals surface area (Å²) in [7, 11) is -5.21. The largest absolute Gasteiger partial charge is 0.326 e. The van der Waals surface area contributed by atoms with Gasteiger partial charge < -0.3 is 0 Å². The number of hydrogen-bond donors (Lipinski definition) is 0. The van der Waals surface area contributed by atoms with Gasteiger partial charge in [-0.25, -0.2) is 17.0 Å². The summed E-state index contributed by atoms with van der Waals surface area (Å²) in [6, 6.07) is 7.04. The van der Waals surface area contributed by atoms with Crippen molar-refractivity contribution in [2.45, 2.75) is 37.0 Å². The molecule has 0 aromatic heterocycles. The van der Waals surface area contributed by atoms with Crippen LogP contribution in [0.1, 0.15) is 25.7 Å². The summed E-state index contributed by atoms with van der Waals surface area (Å²) in [6.07, 6.45) is 2.54. The van der Waals surface area contributed by atoms with Gasteiger partial charge in [0, 0.05) is 26.2 Å². The molecule has 0 unspecified atom stereocenters. The first kappa shape index (κ1) is 16.2. The van der Waals surface area contributed by atoms with Crippen molar-refractivity contribution in [1.29, 1.82) is 0 Å². The van der Waals surface area contributed by atoms with Gasteiger partial charge in [-0.1, -0.05) is 12.1 Å². The van der Waals surface area contributed by atoms with Gasteiger partial charge in [0.15, 0.2) is 0 Å². The van der Waals surface area contributed by atoms with Crippen LogP contribution in [0.2, 0.25) is 0 Å². The topological polar surface area (TPSA) is 78.0 Å². The Bertz CT molecular complexity index is 856. The Labute approximate surface area is 143 Å². The number of anilines is 2. The van der Waals surface area contributed by atoms with Crippen molar-refractivity contribution < 1.29 is 16.8 Å². The number of nitrogens with zero attached hydrogens (tertiary/aromatic N) is 3. The van der Waals surface area contributed by atoms with Gasteiger partial charge in [-0.2, -0.15) is 8.42 Å². The number of benzene rings is 1. The first-order valence-electron chi connectivity index (χ1n) is 8.20. The Kier molecular flexibility index (Phi) is 3.59. The van der Waals surface area contributed by atoms with Crippen molar-refractivity contribution in [2.75, 3.05) is 28.7 Å². The molecule has 0 bridgehead atoms. The maximum atomic E-state index is 12.8. The van der Waals surface area contributed by atoms with Crippen LogP contribution < -0.4 is 8.61 Å². The molecule has 1 saturated carbocycles. The van der Waals surface area contributed by atoms with Crippen LogP contribution in [-0.4, -0.2) is 52.6 Å². The zero-order valence-corrected chi connectivity index (χ0v) is 15.1. The molecule has 0 spiro atoms. The summed E-state index contributed by atoms with van der Waals surface area (Å²) in [4.78, 5) is 0. The molecule has 0 amide bonds. The Balaban J connectivity index is 1.57. The zero-order valence-electron chi connectivity index (χ0n) is 13.5. The quantitative estimate of drug-likeness (QED) is 0.798. The standard InChI is InChI=1S/C15H21N3O4S2/c1-16-14-4-2-3-5-15(14)18(24(16,21)22)12-8-10-17(11-9-12)23(19,20)13-6-7-13/h2-5,12-13H,6-11H2,1H3. The lowest BCUT2D eigenvalue weighted by Gasteiger charge is -2.36. The van der Waals surface area contributed by atoms with Gasteiger partial charge in [-0.15, -0.1) is 0 Å². The molecule has 1 aliphatic carbocycles. The average molecular weight is 371 g/mol. The molecule has 9 heteroatoms. The smallest absolute Gasteiger partial charge is 0.254 e. The van der Waals surface area contributed by atoms with Crippen LogP contribution in [0, 0.1) is 0 Å². The number of rotatable bonds is 3. The highest BCUT2D eigenvalue weighted by molar-refractivity contribution is 7.94. The summed E-state index contributed by atoms with van der Waals surface area (Å²) in [6.45, 7) is 0.781. The van der Waals surface area contributed by atoms with Crippen molar-refractivity contribution in [3.63, 3.8) is 0 Å². The molecule has 1 aromatic rings. The maximum Gasteiger partial charge on any atom is 0.326 e. The molecule has 0 atom stereocenters. The molecule has 4 rings (SSSR count). The SMILES string of the molecule is CN1c2ccccc2N(C2CCN(S(=O)(=O)C3CC3)CC2)S1(=O)=O. The van der Waals surface area contributed by atoms with Gasteiger partial charge in [0.1, 0.15) is 0 Å². The van der Waals surface area contributed by atoms with Crippen LogP contribution in [0.15, 0.2) is 24.3 Å². The monoisotopic (exact) mass is 371 g/mol. The number of piperidine rings is 1. The third-order valence-electron chi connectivity index (χ3n) is 5.11. The van der Waals surface area contributed by atoms with Crippen LogP contribution in [0.4, 0.5) is 11.4 Å². The normalized spacial score (nSPS) is 25.0.